The van der Waals surface area contributed by atoms with E-state index in [-0.39, 0.29) is 29.8 Å². The van der Waals surface area contributed by atoms with Crippen LogP contribution in [0.4, 0.5) is 4.79 Å². The predicted octanol–water partition coefficient (Wildman–Crippen LogP) is 2.80. The summed E-state index contributed by atoms with van der Waals surface area (Å²) in [6.45, 7) is 9.59. The smallest absolute Gasteiger partial charge is 0.449 e. The standard InChI is InChI=1S/C16H26BNO4/c1-14(2)15(3,4)22-17(21-14)12-6-8-16(9-7-12)10-18(5)13(19)20-11-16/h6H,7-11H2,1-5H3. The molecular weight excluding hydrogens is 281 g/mol. The molecule has 2 fully saturated rings. The van der Waals surface area contributed by atoms with Gasteiger partial charge in [0.05, 0.1) is 11.2 Å². The summed E-state index contributed by atoms with van der Waals surface area (Å²) in [7, 11) is 1.56. The Morgan fingerprint density at radius 2 is 1.82 bits per heavy atom. The van der Waals surface area contributed by atoms with Gasteiger partial charge in [-0.2, -0.15) is 0 Å². The van der Waals surface area contributed by atoms with E-state index in [4.69, 9.17) is 14.0 Å². The van der Waals surface area contributed by atoms with Gasteiger partial charge in [0.2, 0.25) is 0 Å². The Hall–Kier alpha value is -1.01. The van der Waals surface area contributed by atoms with Crippen LogP contribution in [0.1, 0.15) is 47.0 Å². The molecule has 0 N–H and O–H groups in total. The number of amides is 1. The van der Waals surface area contributed by atoms with Gasteiger partial charge in [-0.3, -0.25) is 0 Å². The molecule has 122 valence electrons. The van der Waals surface area contributed by atoms with Crippen molar-refractivity contribution < 1.29 is 18.8 Å². The van der Waals surface area contributed by atoms with Gasteiger partial charge in [-0.15, -0.1) is 0 Å². The predicted molar refractivity (Wildman–Crippen MR) is 84.4 cm³/mol. The number of nitrogens with zero attached hydrogens (tertiary/aromatic N) is 1. The van der Waals surface area contributed by atoms with Gasteiger partial charge in [0, 0.05) is 19.0 Å². The molecule has 0 aromatic carbocycles. The number of rotatable bonds is 1. The maximum Gasteiger partial charge on any atom is 0.490 e. The van der Waals surface area contributed by atoms with Crippen LogP contribution in [0.2, 0.25) is 0 Å². The van der Waals surface area contributed by atoms with Crippen LogP contribution < -0.4 is 0 Å². The normalized spacial score (nSPS) is 33.9. The van der Waals surface area contributed by atoms with Crippen LogP contribution in [-0.4, -0.2) is 49.5 Å². The maximum absolute atomic E-state index is 11.5. The summed E-state index contributed by atoms with van der Waals surface area (Å²) in [5.41, 5.74) is 0.682. The Labute approximate surface area is 133 Å². The van der Waals surface area contributed by atoms with E-state index in [1.54, 1.807) is 11.9 Å². The second-order valence-electron chi connectivity index (χ2n) is 7.98. The van der Waals surface area contributed by atoms with E-state index < -0.39 is 0 Å². The molecule has 22 heavy (non-hydrogen) atoms. The average Bonchev–Trinajstić information content (AvgIpc) is 2.64. The van der Waals surface area contributed by atoms with Crippen molar-refractivity contribution in [3.05, 3.63) is 11.5 Å². The van der Waals surface area contributed by atoms with Crippen LogP contribution in [0.3, 0.4) is 0 Å². The van der Waals surface area contributed by atoms with Crippen molar-refractivity contribution in [1.29, 1.82) is 0 Å². The van der Waals surface area contributed by atoms with Crippen LogP contribution in [0.25, 0.3) is 0 Å². The zero-order valence-corrected chi connectivity index (χ0v) is 14.3. The third kappa shape index (κ3) is 2.56. The molecule has 2 heterocycles. The van der Waals surface area contributed by atoms with E-state index in [9.17, 15) is 4.79 Å². The summed E-state index contributed by atoms with van der Waals surface area (Å²) in [5.74, 6) is 0. The summed E-state index contributed by atoms with van der Waals surface area (Å²) < 4.78 is 17.6. The molecule has 3 aliphatic rings. The first kappa shape index (κ1) is 15.9. The first-order chi connectivity index (χ1) is 10.1. The van der Waals surface area contributed by atoms with Gasteiger partial charge < -0.3 is 18.9 Å². The lowest BCUT2D eigenvalue weighted by atomic mass is 9.65. The molecular formula is C16H26BNO4. The molecule has 1 atom stereocenters. The summed E-state index contributed by atoms with van der Waals surface area (Å²) in [6, 6.07) is 0. The highest BCUT2D eigenvalue weighted by Gasteiger charge is 2.53. The first-order valence-corrected chi connectivity index (χ1v) is 8.07. The van der Waals surface area contributed by atoms with E-state index >= 15 is 0 Å². The number of hydrogen-bond donors (Lipinski definition) is 0. The van der Waals surface area contributed by atoms with Crippen LogP contribution in [0, 0.1) is 5.41 Å². The fraction of sp³-hybridized carbons (Fsp3) is 0.812. The van der Waals surface area contributed by atoms with Crippen LogP contribution in [0.15, 0.2) is 11.5 Å². The molecule has 2 saturated heterocycles. The van der Waals surface area contributed by atoms with Gasteiger partial charge in [-0.05, 0) is 52.4 Å². The summed E-state index contributed by atoms with van der Waals surface area (Å²) in [4.78, 5) is 13.2. The SMILES string of the molecule is CN1CC2(CC=C(B3OC(C)(C)C(C)(C)O3)CC2)COC1=O. The molecule has 2 aliphatic heterocycles. The fourth-order valence-electron chi connectivity index (χ4n) is 3.38. The van der Waals surface area contributed by atoms with E-state index in [2.05, 4.69) is 33.8 Å². The zero-order valence-electron chi connectivity index (χ0n) is 14.3. The van der Waals surface area contributed by atoms with Crippen molar-refractivity contribution in [2.45, 2.75) is 58.2 Å². The van der Waals surface area contributed by atoms with E-state index in [1.165, 1.54) is 5.47 Å². The van der Waals surface area contributed by atoms with Crippen molar-refractivity contribution in [3.63, 3.8) is 0 Å². The van der Waals surface area contributed by atoms with Gasteiger partial charge in [0.1, 0.15) is 6.61 Å². The molecule has 0 bridgehead atoms. The molecule has 1 unspecified atom stereocenters. The van der Waals surface area contributed by atoms with Crippen molar-refractivity contribution in [2.75, 3.05) is 20.2 Å². The summed E-state index contributed by atoms with van der Waals surface area (Å²) in [6.07, 6.45) is 4.86. The lowest BCUT2D eigenvalue weighted by molar-refractivity contribution is -0.00364. The van der Waals surface area contributed by atoms with Gasteiger partial charge in [-0.25, -0.2) is 4.79 Å². The second kappa shape index (κ2) is 5.00. The minimum absolute atomic E-state index is 0.0514. The zero-order chi connectivity index (χ0) is 16.2. The third-order valence-electron chi connectivity index (χ3n) is 5.68. The molecule has 1 spiro atoms. The monoisotopic (exact) mass is 307 g/mol. The Morgan fingerprint density at radius 3 is 2.32 bits per heavy atom. The van der Waals surface area contributed by atoms with Gasteiger partial charge in [-0.1, -0.05) is 6.08 Å². The fourth-order valence-corrected chi connectivity index (χ4v) is 3.38. The molecule has 6 heteroatoms. The number of ether oxygens (including phenoxy) is 1. The largest absolute Gasteiger partial charge is 0.490 e. The van der Waals surface area contributed by atoms with Crippen LogP contribution in [0.5, 0.6) is 0 Å². The number of carbonyl (C=O) groups excluding carboxylic acids is 1. The van der Waals surface area contributed by atoms with E-state index in [1.807, 2.05) is 0 Å². The summed E-state index contributed by atoms with van der Waals surface area (Å²) in [5, 5.41) is 0. The molecule has 1 aliphatic carbocycles. The van der Waals surface area contributed by atoms with Crippen LogP contribution in [-0.2, 0) is 14.0 Å². The van der Waals surface area contributed by atoms with Gasteiger partial charge >= 0.3 is 13.2 Å². The van der Waals surface area contributed by atoms with Crippen molar-refractivity contribution >= 4 is 13.2 Å². The highest BCUT2D eigenvalue weighted by molar-refractivity contribution is 6.54. The number of allylic oxidation sites excluding steroid dienone is 2. The van der Waals surface area contributed by atoms with Crippen molar-refractivity contribution in [2.24, 2.45) is 5.41 Å². The highest BCUT2D eigenvalue weighted by atomic mass is 16.7. The quantitative estimate of drug-likeness (QED) is 0.699. The van der Waals surface area contributed by atoms with Crippen LogP contribution >= 0.6 is 0 Å². The highest BCUT2D eigenvalue weighted by Crippen LogP contribution is 2.44. The molecule has 0 saturated carbocycles. The molecule has 0 aromatic rings. The molecule has 1 amide bonds. The lowest BCUT2D eigenvalue weighted by Crippen LogP contribution is -2.49. The molecule has 0 radical (unpaired) electrons. The van der Waals surface area contributed by atoms with Crippen molar-refractivity contribution in [1.82, 2.24) is 4.90 Å². The average molecular weight is 307 g/mol. The second-order valence-corrected chi connectivity index (χ2v) is 7.98. The Bertz CT molecular complexity index is 500. The van der Waals surface area contributed by atoms with E-state index in [0.717, 1.165) is 25.8 Å². The topological polar surface area (TPSA) is 48.0 Å². The lowest BCUT2D eigenvalue weighted by Gasteiger charge is -2.42. The Kier molecular flexibility index (Phi) is 3.61. The first-order valence-electron chi connectivity index (χ1n) is 8.07. The van der Waals surface area contributed by atoms with Gasteiger partial charge in [0.25, 0.3) is 0 Å². The number of carbonyl (C=O) groups is 1. The minimum Gasteiger partial charge on any atom is -0.449 e. The minimum atomic E-state index is -0.297. The third-order valence-corrected chi connectivity index (χ3v) is 5.68. The van der Waals surface area contributed by atoms with Gasteiger partial charge in [0.15, 0.2) is 0 Å². The summed E-state index contributed by atoms with van der Waals surface area (Å²) >= 11 is 0. The van der Waals surface area contributed by atoms with Crippen molar-refractivity contribution in [3.8, 4) is 0 Å². The maximum atomic E-state index is 11.5. The van der Waals surface area contributed by atoms with E-state index in [0.29, 0.717) is 6.61 Å². The molecule has 3 rings (SSSR count). The number of hydrogen-bond acceptors (Lipinski definition) is 4. The Morgan fingerprint density at radius 1 is 1.18 bits per heavy atom. The molecule has 5 nitrogen and oxygen atoms in total. The Balaban J connectivity index is 1.69. The number of cyclic esters (lactones) is 1. The molecule has 0 aromatic heterocycles.